The van der Waals surface area contributed by atoms with E-state index in [2.05, 4.69) is 20.7 Å². The summed E-state index contributed by atoms with van der Waals surface area (Å²) >= 11 is 0. The number of nitrogens with zero attached hydrogens (tertiary/aromatic N) is 5. The minimum atomic E-state index is -0.607. The second kappa shape index (κ2) is 7.65. The van der Waals surface area contributed by atoms with Gasteiger partial charge in [-0.15, -0.1) is 0 Å². The van der Waals surface area contributed by atoms with Crippen LogP contribution in [0.5, 0.6) is 0 Å². The highest BCUT2D eigenvalue weighted by molar-refractivity contribution is 5.77. The Bertz CT molecular complexity index is 1100. The summed E-state index contributed by atoms with van der Waals surface area (Å²) in [6.07, 6.45) is 2.71. The van der Waals surface area contributed by atoms with Gasteiger partial charge in [-0.1, -0.05) is 6.07 Å². The number of carbonyl (C=O) groups is 1. The highest BCUT2D eigenvalue weighted by Crippen LogP contribution is 2.17. The number of fused-ring (bicyclic) bond motifs is 1. The molecule has 10 heteroatoms. The Labute approximate surface area is 153 Å². The van der Waals surface area contributed by atoms with E-state index < -0.39 is 5.82 Å². The van der Waals surface area contributed by atoms with Crippen LogP contribution in [-0.2, 0) is 18.4 Å². The molecule has 0 atom stereocenters. The first-order valence-electron chi connectivity index (χ1n) is 8.07. The summed E-state index contributed by atoms with van der Waals surface area (Å²) in [4.78, 5) is 28.5. The largest absolute Gasteiger partial charge is 0.382 e. The molecule has 1 amide bonds. The van der Waals surface area contributed by atoms with E-state index in [0.717, 1.165) is 0 Å². The van der Waals surface area contributed by atoms with Gasteiger partial charge in [0.15, 0.2) is 5.65 Å². The Morgan fingerprint density at radius 2 is 2.19 bits per heavy atom. The highest BCUT2D eigenvalue weighted by atomic mass is 19.1. The van der Waals surface area contributed by atoms with Crippen molar-refractivity contribution in [1.82, 2.24) is 24.6 Å². The maximum Gasteiger partial charge on any atom is 0.264 e. The van der Waals surface area contributed by atoms with Crippen molar-refractivity contribution < 1.29 is 9.18 Å². The number of carbonyl (C=O) groups excluding carboxylic acids is 1. The summed E-state index contributed by atoms with van der Waals surface area (Å²) in [5, 5.41) is 18.8. The SMILES string of the molecule is Cn1ncc2c(=O)n(CC(=O)NCCNc3cccc(F)c3C#N)cnc21. The minimum Gasteiger partial charge on any atom is -0.382 e. The van der Waals surface area contributed by atoms with E-state index in [1.54, 1.807) is 19.2 Å². The summed E-state index contributed by atoms with van der Waals surface area (Å²) in [5.41, 5.74) is 0.379. The van der Waals surface area contributed by atoms with E-state index in [-0.39, 0.29) is 30.1 Å². The van der Waals surface area contributed by atoms with Crippen LogP contribution in [0.3, 0.4) is 0 Å². The lowest BCUT2D eigenvalue weighted by Gasteiger charge is -2.10. The average molecular weight is 369 g/mol. The van der Waals surface area contributed by atoms with Crippen molar-refractivity contribution in [2.24, 2.45) is 7.05 Å². The van der Waals surface area contributed by atoms with Crippen molar-refractivity contribution >= 4 is 22.6 Å². The molecule has 138 valence electrons. The number of nitrogens with one attached hydrogen (secondary N) is 2. The minimum absolute atomic E-state index is 0.0776. The third-order valence-corrected chi connectivity index (χ3v) is 3.92. The van der Waals surface area contributed by atoms with Crippen molar-refractivity contribution in [2.45, 2.75) is 6.54 Å². The predicted octanol–water partition coefficient (Wildman–Crippen LogP) is 0.369. The summed E-state index contributed by atoms with van der Waals surface area (Å²) in [5.74, 6) is -0.979. The number of amides is 1. The molecule has 1 aromatic carbocycles. The predicted molar refractivity (Wildman–Crippen MR) is 95.4 cm³/mol. The smallest absolute Gasteiger partial charge is 0.264 e. The van der Waals surface area contributed by atoms with Crippen molar-refractivity contribution in [2.75, 3.05) is 18.4 Å². The molecule has 0 radical (unpaired) electrons. The van der Waals surface area contributed by atoms with Gasteiger partial charge in [-0.2, -0.15) is 10.4 Å². The van der Waals surface area contributed by atoms with E-state index in [0.29, 0.717) is 23.3 Å². The third-order valence-electron chi connectivity index (χ3n) is 3.92. The van der Waals surface area contributed by atoms with Crippen LogP contribution in [0.15, 0.2) is 35.5 Å². The normalized spacial score (nSPS) is 10.6. The average Bonchev–Trinajstić information content (AvgIpc) is 3.03. The Balaban J connectivity index is 1.55. The van der Waals surface area contributed by atoms with E-state index >= 15 is 0 Å². The van der Waals surface area contributed by atoms with Crippen LogP contribution in [-0.4, -0.2) is 38.3 Å². The fourth-order valence-corrected chi connectivity index (χ4v) is 2.57. The topological polar surface area (TPSA) is 118 Å². The molecule has 2 N–H and O–H groups in total. The van der Waals surface area contributed by atoms with Gasteiger partial charge in [-0.25, -0.2) is 9.37 Å². The number of benzene rings is 1. The van der Waals surface area contributed by atoms with Gasteiger partial charge in [-0.05, 0) is 12.1 Å². The zero-order valence-corrected chi connectivity index (χ0v) is 14.4. The standard InChI is InChI=1S/C17H16FN7O2/c1-24-16-12(8-23-24)17(27)25(10-22-16)9-15(26)21-6-5-20-14-4-2-3-13(18)11(14)7-19/h2-4,8,10,20H,5-6,9H2,1H3,(H,21,26). The number of rotatable bonds is 6. The van der Waals surface area contributed by atoms with Crippen LogP contribution in [0.4, 0.5) is 10.1 Å². The molecule has 3 aromatic rings. The number of hydrogen-bond donors (Lipinski definition) is 2. The Morgan fingerprint density at radius 1 is 1.37 bits per heavy atom. The molecule has 0 saturated heterocycles. The maximum atomic E-state index is 13.5. The zero-order valence-electron chi connectivity index (χ0n) is 14.4. The number of halogens is 1. The fraction of sp³-hybridized carbons (Fsp3) is 0.235. The first-order valence-corrected chi connectivity index (χ1v) is 8.07. The monoisotopic (exact) mass is 369 g/mol. The van der Waals surface area contributed by atoms with Gasteiger partial charge in [0.25, 0.3) is 5.56 Å². The van der Waals surface area contributed by atoms with Crippen LogP contribution in [0, 0.1) is 17.1 Å². The summed E-state index contributed by atoms with van der Waals surface area (Å²) < 4.78 is 16.2. The Morgan fingerprint density at radius 3 is 2.96 bits per heavy atom. The van der Waals surface area contributed by atoms with Gasteiger partial charge in [0.05, 0.1) is 11.9 Å². The molecule has 0 bridgehead atoms. The van der Waals surface area contributed by atoms with Crippen molar-refractivity contribution in [3.05, 3.63) is 52.5 Å². The molecule has 27 heavy (non-hydrogen) atoms. The molecule has 0 aliphatic carbocycles. The van der Waals surface area contributed by atoms with Crippen LogP contribution in [0.1, 0.15) is 5.56 Å². The maximum absolute atomic E-state index is 13.5. The van der Waals surface area contributed by atoms with Gasteiger partial charge in [0.1, 0.15) is 35.7 Å². The van der Waals surface area contributed by atoms with Crippen LogP contribution in [0.2, 0.25) is 0 Å². The number of aromatic nitrogens is 4. The van der Waals surface area contributed by atoms with E-state index in [4.69, 9.17) is 5.26 Å². The number of anilines is 1. The molecular formula is C17H16FN7O2. The fourth-order valence-electron chi connectivity index (χ4n) is 2.57. The van der Waals surface area contributed by atoms with Crippen LogP contribution >= 0.6 is 0 Å². The number of aryl methyl sites for hydroxylation is 1. The van der Waals surface area contributed by atoms with E-state index in [1.807, 2.05) is 0 Å². The Hall–Kier alpha value is -3.74. The lowest BCUT2D eigenvalue weighted by atomic mass is 10.2. The first kappa shape index (κ1) is 18.1. The lowest BCUT2D eigenvalue weighted by Crippen LogP contribution is -2.34. The van der Waals surface area contributed by atoms with E-state index in [9.17, 15) is 14.0 Å². The molecule has 0 unspecified atom stereocenters. The lowest BCUT2D eigenvalue weighted by molar-refractivity contribution is -0.121. The molecule has 2 aromatic heterocycles. The number of hydrogen-bond acceptors (Lipinski definition) is 6. The van der Waals surface area contributed by atoms with Gasteiger partial charge >= 0.3 is 0 Å². The van der Waals surface area contributed by atoms with Crippen molar-refractivity contribution in [1.29, 1.82) is 5.26 Å². The molecule has 2 heterocycles. The summed E-state index contributed by atoms with van der Waals surface area (Å²) in [6, 6.07) is 6.07. The van der Waals surface area contributed by atoms with Crippen LogP contribution in [0.25, 0.3) is 11.0 Å². The second-order valence-corrected chi connectivity index (χ2v) is 5.73. The Kier molecular flexibility index (Phi) is 5.12. The molecule has 3 rings (SSSR count). The van der Waals surface area contributed by atoms with Gasteiger partial charge in [0.2, 0.25) is 5.91 Å². The van der Waals surface area contributed by atoms with Crippen molar-refractivity contribution in [3.8, 4) is 6.07 Å². The molecule has 0 aliphatic heterocycles. The van der Waals surface area contributed by atoms with Crippen LogP contribution < -0.4 is 16.2 Å². The van der Waals surface area contributed by atoms with E-state index in [1.165, 1.54) is 33.9 Å². The zero-order chi connectivity index (χ0) is 19.4. The summed E-state index contributed by atoms with van der Waals surface area (Å²) in [6.45, 7) is 0.344. The molecule has 9 nitrogen and oxygen atoms in total. The third kappa shape index (κ3) is 3.77. The molecule has 0 spiro atoms. The summed E-state index contributed by atoms with van der Waals surface area (Å²) in [7, 11) is 1.68. The van der Waals surface area contributed by atoms with Gasteiger partial charge < -0.3 is 10.6 Å². The van der Waals surface area contributed by atoms with Crippen molar-refractivity contribution in [3.63, 3.8) is 0 Å². The highest BCUT2D eigenvalue weighted by Gasteiger charge is 2.11. The molecule has 0 aliphatic rings. The van der Waals surface area contributed by atoms with Gasteiger partial charge in [-0.3, -0.25) is 18.8 Å². The molecular weight excluding hydrogens is 353 g/mol. The first-order chi connectivity index (χ1) is 13.0. The molecule has 0 fully saturated rings. The van der Waals surface area contributed by atoms with Gasteiger partial charge in [0, 0.05) is 20.1 Å². The molecule has 0 saturated carbocycles. The number of nitriles is 1. The second-order valence-electron chi connectivity index (χ2n) is 5.73. The quantitative estimate of drug-likeness (QED) is 0.606.